The molecule has 0 radical (unpaired) electrons. The number of ether oxygens (including phenoxy) is 2. The summed E-state index contributed by atoms with van der Waals surface area (Å²) in [5.74, 6) is 0.335. The predicted octanol–water partition coefficient (Wildman–Crippen LogP) is 4.47. The molecule has 6 nitrogen and oxygen atoms in total. The summed E-state index contributed by atoms with van der Waals surface area (Å²) in [6, 6.07) is 19.4. The number of hydrogen-bond donors (Lipinski definition) is 1. The largest absolute Gasteiger partial charge is 0.495 e. The van der Waals surface area contributed by atoms with Gasteiger partial charge in [-0.2, -0.15) is 0 Å². The van der Waals surface area contributed by atoms with Gasteiger partial charge in [-0.3, -0.25) is 4.79 Å². The topological polar surface area (TPSA) is 64.9 Å². The molecule has 0 aliphatic rings. The molecule has 0 aliphatic heterocycles. The molecule has 4 aromatic rings. The quantitative estimate of drug-likeness (QED) is 0.496. The van der Waals surface area contributed by atoms with Gasteiger partial charge < -0.3 is 19.2 Å². The smallest absolute Gasteiger partial charge is 0.250 e. The summed E-state index contributed by atoms with van der Waals surface area (Å²) in [6.07, 6.45) is 3.95. The molecular weight excluding hydrogens is 378 g/mol. The summed E-state index contributed by atoms with van der Waals surface area (Å²) in [4.78, 5) is 17.1. The van der Waals surface area contributed by atoms with Crippen LogP contribution in [0.2, 0.25) is 0 Å². The molecule has 0 aliphatic carbocycles. The van der Waals surface area contributed by atoms with E-state index in [1.165, 1.54) is 0 Å². The van der Waals surface area contributed by atoms with Crippen molar-refractivity contribution in [1.82, 2.24) is 9.38 Å². The Kier molecular flexibility index (Phi) is 5.77. The first-order chi connectivity index (χ1) is 14.6. The third-order valence-electron chi connectivity index (χ3n) is 4.73. The van der Waals surface area contributed by atoms with E-state index in [0.717, 1.165) is 28.0 Å². The highest BCUT2D eigenvalue weighted by atomic mass is 16.5. The molecule has 0 spiro atoms. The lowest BCUT2D eigenvalue weighted by Crippen LogP contribution is -2.18. The van der Waals surface area contributed by atoms with Gasteiger partial charge in [0.25, 0.3) is 0 Å². The number of anilines is 1. The van der Waals surface area contributed by atoms with Crippen LogP contribution in [0.3, 0.4) is 0 Å². The van der Waals surface area contributed by atoms with E-state index in [1.807, 2.05) is 84.4 Å². The molecule has 4 rings (SSSR count). The van der Waals surface area contributed by atoms with Crippen LogP contribution in [-0.2, 0) is 16.1 Å². The summed E-state index contributed by atoms with van der Waals surface area (Å²) < 4.78 is 12.9. The van der Waals surface area contributed by atoms with Crippen molar-refractivity contribution in [3.63, 3.8) is 0 Å². The molecule has 0 fully saturated rings. The first-order valence-electron chi connectivity index (χ1n) is 9.67. The number of nitrogens with one attached hydrogen (secondary N) is 1. The van der Waals surface area contributed by atoms with Gasteiger partial charge in [-0.05, 0) is 48.4 Å². The maximum absolute atomic E-state index is 12.4. The number of pyridine rings is 1. The van der Waals surface area contributed by atoms with E-state index in [-0.39, 0.29) is 12.5 Å². The molecule has 152 valence electrons. The van der Waals surface area contributed by atoms with Crippen molar-refractivity contribution < 1.29 is 14.3 Å². The Balaban J connectivity index is 1.48. The summed E-state index contributed by atoms with van der Waals surface area (Å²) >= 11 is 0. The van der Waals surface area contributed by atoms with E-state index in [4.69, 9.17) is 9.47 Å². The molecule has 0 atom stereocenters. The van der Waals surface area contributed by atoms with Crippen LogP contribution < -0.4 is 10.1 Å². The first kappa shape index (κ1) is 19.7. The number of fused-ring (bicyclic) bond motifs is 1. The van der Waals surface area contributed by atoms with Crippen LogP contribution in [0.4, 0.5) is 5.69 Å². The number of amides is 1. The number of methoxy groups -OCH3 is 1. The number of hydrogen-bond acceptors (Lipinski definition) is 4. The van der Waals surface area contributed by atoms with Crippen molar-refractivity contribution >= 4 is 17.2 Å². The lowest BCUT2D eigenvalue weighted by atomic mass is 10.1. The number of imidazole rings is 1. The van der Waals surface area contributed by atoms with Gasteiger partial charge >= 0.3 is 0 Å². The Morgan fingerprint density at radius 2 is 1.93 bits per heavy atom. The molecule has 1 amide bonds. The number of carbonyl (C=O) groups excluding carboxylic acids is 1. The zero-order chi connectivity index (χ0) is 20.9. The fraction of sp³-hybridized carbons (Fsp3) is 0.167. The summed E-state index contributed by atoms with van der Waals surface area (Å²) in [5.41, 5.74) is 5.33. The van der Waals surface area contributed by atoms with Gasteiger partial charge in [0.2, 0.25) is 5.91 Å². The predicted molar refractivity (Wildman–Crippen MR) is 117 cm³/mol. The molecule has 0 unspecified atom stereocenters. The van der Waals surface area contributed by atoms with E-state index in [9.17, 15) is 4.79 Å². The highest BCUT2D eigenvalue weighted by Crippen LogP contribution is 2.30. The van der Waals surface area contributed by atoms with Gasteiger partial charge in [0.15, 0.2) is 0 Å². The highest BCUT2D eigenvalue weighted by molar-refractivity contribution is 5.94. The number of benzene rings is 2. The zero-order valence-electron chi connectivity index (χ0n) is 17.0. The molecule has 2 aromatic heterocycles. The molecule has 0 bridgehead atoms. The maximum Gasteiger partial charge on any atom is 0.250 e. The molecule has 6 heteroatoms. The van der Waals surface area contributed by atoms with Gasteiger partial charge in [0.05, 0.1) is 25.1 Å². The second kappa shape index (κ2) is 8.80. The molecule has 2 heterocycles. The van der Waals surface area contributed by atoms with E-state index >= 15 is 0 Å². The number of rotatable bonds is 7. The Morgan fingerprint density at radius 3 is 2.73 bits per heavy atom. The van der Waals surface area contributed by atoms with Crippen molar-refractivity contribution in [3.8, 4) is 17.0 Å². The fourth-order valence-corrected chi connectivity index (χ4v) is 3.21. The van der Waals surface area contributed by atoms with E-state index in [0.29, 0.717) is 18.0 Å². The van der Waals surface area contributed by atoms with Crippen LogP contribution in [-0.4, -0.2) is 29.0 Å². The molecule has 2 aromatic carbocycles. The monoisotopic (exact) mass is 401 g/mol. The number of carbonyl (C=O) groups is 1. The third-order valence-corrected chi connectivity index (χ3v) is 4.73. The van der Waals surface area contributed by atoms with Crippen LogP contribution in [0, 0.1) is 6.92 Å². The minimum atomic E-state index is -0.244. The summed E-state index contributed by atoms with van der Waals surface area (Å²) in [6.45, 7) is 2.37. The Morgan fingerprint density at radius 1 is 1.10 bits per heavy atom. The number of aromatic nitrogens is 2. The third kappa shape index (κ3) is 4.50. The first-order valence-corrected chi connectivity index (χ1v) is 9.67. The van der Waals surface area contributed by atoms with Gasteiger partial charge in [0, 0.05) is 18.0 Å². The number of aryl methyl sites for hydroxylation is 1. The van der Waals surface area contributed by atoms with Crippen molar-refractivity contribution in [2.24, 2.45) is 0 Å². The lowest BCUT2D eigenvalue weighted by Gasteiger charge is -2.12. The van der Waals surface area contributed by atoms with Crippen LogP contribution in [0.5, 0.6) is 5.75 Å². The molecule has 0 saturated carbocycles. The van der Waals surface area contributed by atoms with Crippen LogP contribution in [0.25, 0.3) is 16.9 Å². The minimum absolute atomic E-state index is 0.0457. The van der Waals surface area contributed by atoms with Crippen LogP contribution in [0.15, 0.2) is 73.1 Å². The molecule has 1 N–H and O–H groups in total. The maximum atomic E-state index is 12.4. The van der Waals surface area contributed by atoms with Crippen LogP contribution in [0.1, 0.15) is 11.1 Å². The SMILES string of the molecule is COc1ccc(-c2cn3ccc(C)cc3n2)cc1NC(=O)COCc1ccccc1. The second-order valence-corrected chi connectivity index (χ2v) is 7.04. The standard InChI is InChI=1S/C24H23N3O3/c1-17-10-11-27-14-21(25-23(27)12-17)19-8-9-22(29-2)20(13-19)26-24(28)16-30-15-18-6-4-3-5-7-18/h3-14H,15-16H2,1-2H3,(H,26,28). The van der Waals surface area contributed by atoms with Crippen molar-refractivity contribution in [1.29, 1.82) is 0 Å². The zero-order valence-corrected chi connectivity index (χ0v) is 17.0. The van der Waals surface area contributed by atoms with Crippen molar-refractivity contribution in [3.05, 3.63) is 84.2 Å². The molecular formula is C24H23N3O3. The Labute approximate surface area is 175 Å². The van der Waals surface area contributed by atoms with Gasteiger partial charge in [-0.25, -0.2) is 4.98 Å². The fourth-order valence-electron chi connectivity index (χ4n) is 3.21. The van der Waals surface area contributed by atoms with Crippen molar-refractivity contribution in [2.45, 2.75) is 13.5 Å². The van der Waals surface area contributed by atoms with E-state index < -0.39 is 0 Å². The van der Waals surface area contributed by atoms with Crippen molar-refractivity contribution in [2.75, 3.05) is 19.0 Å². The molecule has 0 saturated heterocycles. The second-order valence-electron chi connectivity index (χ2n) is 7.04. The summed E-state index contributed by atoms with van der Waals surface area (Å²) in [5, 5.41) is 2.88. The van der Waals surface area contributed by atoms with E-state index in [1.54, 1.807) is 7.11 Å². The average Bonchev–Trinajstić information content (AvgIpc) is 3.17. The molecule has 30 heavy (non-hydrogen) atoms. The normalized spacial score (nSPS) is 10.9. The van der Waals surface area contributed by atoms with Crippen LogP contribution >= 0.6 is 0 Å². The number of nitrogens with zero attached hydrogens (tertiary/aromatic N) is 2. The Bertz CT molecular complexity index is 1170. The minimum Gasteiger partial charge on any atom is -0.495 e. The average molecular weight is 401 g/mol. The van der Waals surface area contributed by atoms with Gasteiger partial charge in [-0.1, -0.05) is 30.3 Å². The van der Waals surface area contributed by atoms with E-state index in [2.05, 4.69) is 10.3 Å². The van der Waals surface area contributed by atoms with Gasteiger partial charge in [-0.15, -0.1) is 0 Å². The lowest BCUT2D eigenvalue weighted by molar-refractivity contribution is -0.121. The summed E-state index contributed by atoms with van der Waals surface area (Å²) in [7, 11) is 1.57. The Hall–Kier alpha value is -3.64. The highest BCUT2D eigenvalue weighted by Gasteiger charge is 2.12. The van der Waals surface area contributed by atoms with Gasteiger partial charge in [0.1, 0.15) is 18.0 Å².